The summed E-state index contributed by atoms with van der Waals surface area (Å²) in [6.07, 6.45) is 0. The third kappa shape index (κ3) is 1.86. The molecule has 4 aromatic rings. The number of para-hydroxylation sites is 1. The van der Waals surface area contributed by atoms with Crippen molar-refractivity contribution in [2.75, 3.05) is 0 Å². The highest BCUT2D eigenvalue weighted by atomic mass is 35.5. The monoisotopic (exact) mass is 298 g/mol. The summed E-state index contributed by atoms with van der Waals surface area (Å²) in [5.74, 6) is -0.299. The van der Waals surface area contributed by atoms with Gasteiger partial charge in [0, 0.05) is 10.9 Å². The standard InChI is InChI=1S/C15H8ClFN4/c16-14-11-3-1-2-4-12(11)21-15(18-14)13(19-20-21)9-5-7-10(17)8-6-9/h1-8H. The van der Waals surface area contributed by atoms with Gasteiger partial charge < -0.3 is 0 Å². The van der Waals surface area contributed by atoms with Crippen molar-refractivity contribution in [3.63, 3.8) is 0 Å². The molecule has 2 aromatic heterocycles. The van der Waals surface area contributed by atoms with E-state index >= 15 is 0 Å². The summed E-state index contributed by atoms with van der Waals surface area (Å²) in [5.41, 5.74) is 2.69. The van der Waals surface area contributed by atoms with Crippen LogP contribution in [0.5, 0.6) is 0 Å². The number of benzene rings is 2. The summed E-state index contributed by atoms with van der Waals surface area (Å²) >= 11 is 6.24. The molecule has 21 heavy (non-hydrogen) atoms. The largest absolute Gasteiger partial charge is 0.214 e. The lowest BCUT2D eigenvalue weighted by atomic mass is 10.1. The van der Waals surface area contributed by atoms with E-state index < -0.39 is 0 Å². The van der Waals surface area contributed by atoms with E-state index in [-0.39, 0.29) is 5.82 Å². The molecule has 0 saturated heterocycles. The van der Waals surface area contributed by atoms with Crippen LogP contribution in [0.3, 0.4) is 0 Å². The van der Waals surface area contributed by atoms with E-state index in [0.29, 0.717) is 16.5 Å². The van der Waals surface area contributed by atoms with Crippen molar-refractivity contribution in [1.29, 1.82) is 0 Å². The van der Waals surface area contributed by atoms with Crippen LogP contribution < -0.4 is 0 Å². The molecule has 0 fully saturated rings. The number of hydrogen-bond acceptors (Lipinski definition) is 3. The predicted molar refractivity (Wildman–Crippen MR) is 78.7 cm³/mol. The van der Waals surface area contributed by atoms with Gasteiger partial charge in [-0.1, -0.05) is 28.9 Å². The first-order chi connectivity index (χ1) is 10.2. The van der Waals surface area contributed by atoms with Crippen LogP contribution in [0.2, 0.25) is 5.15 Å². The highest BCUT2D eigenvalue weighted by molar-refractivity contribution is 6.34. The van der Waals surface area contributed by atoms with Crippen LogP contribution in [0.25, 0.3) is 27.8 Å². The minimum Gasteiger partial charge on any atom is -0.214 e. The van der Waals surface area contributed by atoms with E-state index in [1.165, 1.54) is 12.1 Å². The van der Waals surface area contributed by atoms with Crippen LogP contribution in [-0.2, 0) is 0 Å². The van der Waals surface area contributed by atoms with Crippen molar-refractivity contribution in [3.05, 3.63) is 59.5 Å². The van der Waals surface area contributed by atoms with Gasteiger partial charge in [-0.25, -0.2) is 9.37 Å². The van der Waals surface area contributed by atoms with Crippen molar-refractivity contribution in [3.8, 4) is 11.3 Å². The zero-order valence-electron chi connectivity index (χ0n) is 10.7. The first-order valence-electron chi connectivity index (χ1n) is 6.29. The number of hydrogen-bond donors (Lipinski definition) is 0. The first kappa shape index (κ1) is 12.2. The minimum atomic E-state index is -0.299. The lowest BCUT2D eigenvalue weighted by Gasteiger charge is -2.03. The topological polar surface area (TPSA) is 43.1 Å². The third-order valence-electron chi connectivity index (χ3n) is 3.32. The average molecular weight is 299 g/mol. The van der Waals surface area contributed by atoms with Crippen LogP contribution in [0.1, 0.15) is 0 Å². The molecule has 0 spiro atoms. The summed E-state index contributed by atoms with van der Waals surface area (Å²) in [6, 6.07) is 13.6. The Balaban J connectivity index is 2.06. The summed E-state index contributed by atoms with van der Waals surface area (Å²) < 4.78 is 14.7. The van der Waals surface area contributed by atoms with Gasteiger partial charge in [0.1, 0.15) is 16.7 Å². The maximum Gasteiger partial charge on any atom is 0.185 e. The molecule has 2 aromatic carbocycles. The van der Waals surface area contributed by atoms with Gasteiger partial charge in [-0.2, -0.15) is 4.52 Å². The fourth-order valence-corrected chi connectivity index (χ4v) is 2.56. The van der Waals surface area contributed by atoms with Gasteiger partial charge in [0.05, 0.1) is 5.52 Å². The Morgan fingerprint density at radius 3 is 2.57 bits per heavy atom. The quantitative estimate of drug-likeness (QED) is 0.503. The molecule has 0 aliphatic rings. The van der Waals surface area contributed by atoms with Gasteiger partial charge >= 0.3 is 0 Å². The molecular formula is C15H8ClFN4. The molecule has 4 nitrogen and oxygen atoms in total. The zero-order valence-corrected chi connectivity index (χ0v) is 11.4. The molecular weight excluding hydrogens is 291 g/mol. The number of aromatic nitrogens is 4. The van der Waals surface area contributed by atoms with Crippen molar-refractivity contribution in [1.82, 2.24) is 19.8 Å². The van der Waals surface area contributed by atoms with Crippen LogP contribution in [0, 0.1) is 5.82 Å². The molecule has 102 valence electrons. The summed E-state index contributed by atoms with van der Waals surface area (Å²) in [7, 11) is 0. The molecule has 4 rings (SSSR count). The second kappa shape index (κ2) is 4.49. The van der Waals surface area contributed by atoms with Gasteiger partial charge in [0.15, 0.2) is 5.65 Å². The average Bonchev–Trinajstić information content (AvgIpc) is 2.92. The molecule has 0 aliphatic carbocycles. The molecule has 0 saturated carbocycles. The zero-order chi connectivity index (χ0) is 14.4. The molecule has 0 bridgehead atoms. The van der Waals surface area contributed by atoms with Crippen LogP contribution >= 0.6 is 11.6 Å². The maximum absolute atomic E-state index is 13.0. The van der Waals surface area contributed by atoms with Crippen molar-refractivity contribution >= 4 is 28.2 Å². The van der Waals surface area contributed by atoms with E-state index in [1.807, 2.05) is 24.3 Å². The lowest BCUT2D eigenvalue weighted by molar-refractivity contribution is 0.628. The van der Waals surface area contributed by atoms with Crippen LogP contribution in [0.15, 0.2) is 48.5 Å². The number of fused-ring (bicyclic) bond motifs is 3. The Hall–Kier alpha value is -2.53. The molecule has 0 radical (unpaired) electrons. The molecule has 6 heteroatoms. The van der Waals surface area contributed by atoms with Crippen LogP contribution in [-0.4, -0.2) is 19.8 Å². The van der Waals surface area contributed by atoms with Crippen molar-refractivity contribution in [2.45, 2.75) is 0 Å². The molecule has 2 heterocycles. The molecule has 0 N–H and O–H groups in total. The SMILES string of the molecule is Fc1ccc(-c2nnn3c2nc(Cl)c2ccccc23)cc1. The highest BCUT2D eigenvalue weighted by Gasteiger charge is 2.14. The van der Waals surface area contributed by atoms with E-state index in [0.717, 1.165) is 16.5 Å². The first-order valence-corrected chi connectivity index (χ1v) is 6.67. The van der Waals surface area contributed by atoms with E-state index in [9.17, 15) is 4.39 Å². The van der Waals surface area contributed by atoms with Gasteiger partial charge in [-0.15, -0.1) is 5.10 Å². The van der Waals surface area contributed by atoms with Gasteiger partial charge in [-0.05, 0) is 36.4 Å². The smallest absolute Gasteiger partial charge is 0.185 e. The summed E-state index contributed by atoms with van der Waals surface area (Å²) in [6.45, 7) is 0. The van der Waals surface area contributed by atoms with E-state index in [1.54, 1.807) is 16.6 Å². The Labute approximate surface area is 123 Å². The molecule has 0 unspecified atom stereocenters. The predicted octanol–water partition coefficient (Wildman–Crippen LogP) is 3.74. The second-order valence-electron chi connectivity index (χ2n) is 4.60. The van der Waals surface area contributed by atoms with E-state index in [2.05, 4.69) is 15.3 Å². The van der Waals surface area contributed by atoms with E-state index in [4.69, 9.17) is 11.6 Å². The van der Waals surface area contributed by atoms with Crippen molar-refractivity contribution in [2.24, 2.45) is 0 Å². The second-order valence-corrected chi connectivity index (χ2v) is 4.96. The normalized spacial score (nSPS) is 11.3. The molecule has 0 amide bonds. The fraction of sp³-hybridized carbons (Fsp3) is 0. The highest BCUT2D eigenvalue weighted by Crippen LogP contribution is 2.27. The molecule has 0 aliphatic heterocycles. The number of halogens is 2. The maximum atomic E-state index is 13.0. The van der Waals surface area contributed by atoms with Crippen LogP contribution in [0.4, 0.5) is 4.39 Å². The Kier molecular flexibility index (Phi) is 2.62. The summed E-state index contributed by atoms with van der Waals surface area (Å²) in [4.78, 5) is 4.37. The number of nitrogens with zero attached hydrogens (tertiary/aromatic N) is 4. The van der Waals surface area contributed by atoms with Crippen molar-refractivity contribution < 1.29 is 4.39 Å². The minimum absolute atomic E-state index is 0.299. The summed E-state index contributed by atoms with van der Waals surface area (Å²) in [5, 5.41) is 9.49. The fourth-order valence-electron chi connectivity index (χ4n) is 2.32. The Morgan fingerprint density at radius 2 is 1.76 bits per heavy atom. The molecule has 0 atom stereocenters. The van der Waals surface area contributed by atoms with Gasteiger partial charge in [0.25, 0.3) is 0 Å². The van der Waals surface area contributed by atoms with Gasteiger partial charge in [-0.3, -0.25) is 0 Å². The Morgan fingerprint density at radius 1 is 1.00 bits per heavy atom. The third-order valence-corrected chi connectivity index (χ3v) is 3.61. The van der Waals surface area contributed by atoms with Gasteiger partial charge in [0.2, 0.25) is 0 Å². The lowest BCUT2D eigenvalue weighted by Crippen LogP contribution is -1.94. The Bertz CT molecular complexity index is 963. The number of rotatable bonds is 1.